The molecule has 84 valence electrons. The van der Waals surface area contributed by atoms with E-state index in [0.29, 0.717) is 12.5 Å². The summed E-state index contributed by atoms with van der Waals surface area (Å²) in [7, 11) is 0. The van der Waals surface area contributed by atoms with Crippen molar-refractivity contribution in [2.24, 2.45) is 11.8 Å². The summed E-state index contributed by atoms with van der Waals surface area (Å²) in [4.78, 5) is 11.6. The fourth-order valence-electron chi connectivity index (χ4n) is 3.59. The van der Waals surface area contributed by atoms with Crippen LogP contribution in [0, 0.1) is 11.8 Å². The van der Waals surface area contributed by atoms with E-state index in [0.717, 1.165) is 12.3 Å². The summed E-state index contributed by atoms with van der Waals surface area (Å²) in [5.41, 5.74) is -0.0899. The first-order valence-corrected chi connectivity index (χ1v) is 6.10. The standard InChI is InChI=1S/C12H18O3/c1-2-14-11(13)10-12(15-10)7-8-3-5-9(12)6-4-8/h8-10H,2-7H2,1H3. The number of esters is 1. The molecule has 0 aromatic carbocycles. The first-order chi connectivity index (χ1) is 7.26. The van der Waals surface area contributed by atoms with E-state index in [4.69, 9.17) is 9.47 Å². The molecule has 3 heteroatoms. The number of ether oxygens (including phenoxy) is 2. The van der Waals surface area contributed by atoms with Gasteiger partial charge in [-0.3, -0.25) is 0 Å². The van der Waals surface area contributed by atoms with E-state index in [1.165, 1.54) is 25.7 Å². The summed E-state index contributed by atoms with van der Waals surface area (Å²) in [5.74, 6) is 1.29. The van der Waals surface area contributed by atoms with Gasteiger partial charge in [0.1, 0.15) is 5.60 Å². The van der Waals surface area contributed by atoms with Gasteiger partial charge in [0.15, 0.2) is 6.10 Å². The predicted molar refractivity (Wildman–Crippen MR) is 54.3 cm³/mol. The minimum atomic E-state index is -0.231. The van der Waals surface area contributed by atoms with Gasteiger partial charge in [-0.05, 0) is 50.9 Å². The Morgan fingerprint density at radius 3 is 2.67 bits per heavy atom. The van der Waals surface area contributed by atoms with E-state index in [1.54, 1.807) is 0 Å². The molecule has 0 amide bonds. The van der Waals surface area contributed by atoms with E-state index in [-0.39, 0.29) is 17.7 Å². The maximum absolute atomic E-state index is 11.6. The fraction of sp³-hybridized carbons (Fsp3) is 0.917. The van der Waals surface area contributed by atoms with Gasteiger partial charge in [-0.25, -0.2) is 4.79 Å². The van der Waals surface area contributed by atoms with E-state index in [2.05, 4.69) is 0 Å². The molecule has 2 bridgehead atoms. The summed E-state index contributed by atoms with van der Waals surface area (Å²) in [6, 6.07) is 0. The molecule has 3 nitrogen and oxygen atoms in total. The molecule has 0 radical (unpaired) electrons. The van der Waals surface area contributed by atoms with Crippen LogP contribution in [0.25, 0.3) is 0 Å². The average molecular weight is 210 g/mol. The second-order valence-corrected chi connectivity index (χ2v) is 5.13. The molecule has 4 fully saturated rings. The van der Waals surface area contributed by atoms with Crippen molar-refractivity contribution in [1.29, 1.82) is 0 Å². The molecule has 4 rings (SSSR count). The average Bonchev–Trinajstić information content (AvgIpc) is 2.94. The molecule has 15 heavy (non-hydrogen) atoms. The van der Waals surface area contributed by atoms with Gasteiger partial charge in [-0.15, -0.1) is 0 Å². The van der Waals surface area contributed by atoms with Crippen molar-refractivity contribution in [1.82, 2.24) is 0 Å². The Hall–Kier alpha value is -0.570. The monoisotopic (exact) mass is 210 g/mol. The highest BCUT2D eigenvalue weighted by molar-refractivity contribution is 5.79. The molecule has 0 aromatic rings. The summed E-state index contributed by atoms with van der Waals surface area (Å²) in [6.45, 7) is 2.31. The molecule has 2 unspecified atom stereocenters. The summed E-state index contributed by atoms with van der Waals surface area (Å²) in [5, 5.41) is 0. The lowest BCUT2D eigenvalue weighted by molar-refractivity contribution is -0.144. The molecule has 0 N–H and O–H groups in total. The van der Waals surface area contributed by atoms with Gasteiger partial charge >= 0.3 is 5.97 Å². The van der Waals surface area contributed by atoms with Crippen LogP contribution in [-0.4, -0.2) is 24.3 Å². The Morgan fingerprint density at radius 2 is 2.13 bits per heavy atom. The Kier molecular flexibility index (Phi) is 2.06. The molecule has 1 spiro atoms. The number of hydrogen-bond donors (Lipinski definition) is 0. The van der Waals surface area contributed by atoms with Crippen LogP contribution in [0.4, 0.5) is 0 Å². The van der Waals surface area contributed by atoms with Crippen molar-refractivity contribution >= 4 is 5.97 Å². The van der Waals surface area contributed by atoms with E-state index in [9.17, 15) is 4.79 Å². The van der Waals surface area contributed by atoms with Crippen LogP contribution in [-0.2, 0) is 14.3 Å². The van der Waals surface area contributed by atoms with Crippen molar-refractivity contribution in [2.75, 3.05) is 6.61 Å². The van der Waals surface area contributed by atoms with Crippen LogP contribution >= 0.6 is 0 Å². The minimum Gasteiger partial charge on any atom is -0.464 e. The SMILES string of the molecule is CCOC(=O)C1OC12CC1CCC2CC1. The Balaban J connectivity index is 1.71. The first kappa shape index (κ1) is 9.64. The lowest BCUT2D eigenvalue weighted by Gasteiger charge is -2.41. The number of carbonyl (C=O) groups excluding carboxylic acids is 1. The van der Waals surface area contributed by atoms with Gasteiger partial charge in [-0.2, -0.15) is 0 Å². The van der Waals surface area contributed by atoms with E-state index < -0.39 is 0 Å². The number of rotatable bonds is 2. The van der Waals surface area contributed by atoms with Crippen LogP contribution in [0.3, 0.4) is 0 Å². The van der Waals surface area contributed by atoms with Crippen molar-refractivity contribution in [3.8, 4) is 0 Å². The number of carbonyl (C=O) groups is 1. The molecule has 4 aliphatic rings. The first-order valence-electron chi connectivity index (χ1n) is 6.10. The van der Waals surface area contributed by atoms with Crippen LogP contribution in [0.15, 0.2) is 0 Å². The number of fused-ring (bicyclic) bond motifs is 2. The molecule has 3 aliphatic carbocycles. The van der Waals surface area contributed by atoms with Crippen LogP contribution in [0.5, 0.6) is 0 Å². The third-order valence-electron chi connectivity index (χ3n) is 4.37. The Bertz CT molecular complexity index is 281. The van der Waals surface area contributed by atoms with Gasteiger partial charge in [0.05, 0.1) is 6.61 Å². The molecule has 1 saturated heterocycles. The predicted octanol–water partition coefficient (Wildman–Crippen LogP) is 1.90. The Morgan fingerprint density at radius 1 is 1.40 bits per heavy atom. The molecular formula is C12H18O3. The van der Waals surface area contributed by atoms with Crippen molar-refractivity contribution in [3.63, 3.8) is 0 Å². The zero-order chi connectivity index (χ0) is 10.5. The number of epoxide rings is 1. The van der Waals surface area contributed by atoms with Crippen molar-refractivity contribution < 1.29 is 14.3 Å². The van der Waals surface area contributed by atoms with Gasteiger partial charge in [0.25, 0.3) is 0 Å². The smallest absolute Gasteiger partial charge is 0.338 e. The molecule has 2 atom stereocenters. The van der Waals surface area contributed by atoms with Crippen LogP contribution in [0.1, 0.15) is 39.0 Å². The molecule has 3 saturated carbocycles. The minimum absolute atomic E-state index is 0.0899. The van der Waals surface area contributed by atoms with Gasteiger partial charge < -0.3 is 9.47 Å². The third-order valence-corrected chi connectivity index (χ3v) is 4.37. The third kappa shape index (κ3) is 1.32. The fourth-order valence-corrected chi connectivity index (χ4v) is 3.59. The number of hydrogen-bond acceptors (Lipinski definition) is 3. The largest absolute Gasteiger partial charge is 0.464 e. The molecule has 0 aromatic heterocycles. The maximum atomic E-state index is 11.6. The Labute approximate surface area is 90.1 Å². The van der Waals surface area contributed by atoms with Crippen LogP contribution < -0.4 is 0 Å². The van der Waals surface area contributed by atoms with E-state index >= 15 is 0 Å². The second kappa shape index (κ2) is 3.21. The normalized spacial score (nSPS) is 46.9. The summed E-state index contributed by atoms with van der Waals surface area (Å²) in [6.07, 6.45) is 6.05. The summed E-state index contributed by atoms with van der Waals surface area (Å²) >= 11 is 0. The highest BCUT2D eigenvalue weighted by atomic mass is 16.7. The van der Waals surface area contributed by atoms with Crippen LogP contribution in [0.2, 0.25) is 0 Å². The van der Waals surface area contributed by atoms with Gasteiger partial charge in [0, 0.05) is 0 Å². The molecule has 1 heterocycles. The molecular weight excluding hydrogens is 192 g/mol. The lowest BCUT2D eigenvalue weighted by Crippen LogP contribution is -2.41. The lowest BCUT2D eigenvalue weighted by atomic mass is 9.63. The van der Waals surface area contributed by atoms with Gasteiger partial charge in [-0.1, -0.05) is 0 Å². The van der Waals surface area contributed by atoms with Crippen molar-refractivity contribution in [3.05, 3.63) is 0 Å². The highest BCUT2D eigenvalue weighted by Gasteiger charge is 2.68. The van der Waals surface area contributed by atoms with Crippen molar-refractivity contribution in [2.45, 2.75) is 50.7 Å². The maximum Gasteiger partial charge on any atom is 0.338 e. The molecule has 1 aliphatic heterocycles. The summed E-state index contributed by atoms with van der Waals surface area (Å²) < 4.78 is 10.8. The topological polar surface area (TPSA) is 38.8 Å². The highest BCUT2D eigenvalue weighted by Crippen LogP contribution is 2.59. The second-order valence-electron chi connectivity index (χ2n) is 5.13. The van der Waals surface area contributed by atoms with E-state index in [1.807, 2.05) is 6.92 Å². The zero-order valence-corrected chi connectivity index (χ0v) is 9.20. The van der Waals surface area contributed by atoms with Gasteiger partial charge in [0.2, 0.25) is 0 Å². The zero-order valence-electron chi connectivity index (χ0n) is 9.20. The quantitative estimate of drug-likeness (QED) is 0.516.